The molecule has 3 N–H and O–H groups in total. The Morgan fingerprint density at radius 2 is 1.72 bits per heavy atom. The maximum absolute atomic E-state index is 11.8. The lowest BCUT2D eigenvalue weighted by Gasteiger charge is -2.05. The number of aryl methyl sites for hydroxylation is 2. The van der Waals surface area contributed by atoms with Crippen LogP contribution in [0.1, 0.15) is 23.1 Å². The first-order chi connectivity index (χ1) is 11.8. The number of rotatable bonds is 5. The van der Waals surface area contributed by atoms with Crippen molar-refractivity contribution in [2.75, 3.05) is 5.32 Å². The molecule has 25 heavy (non-hydrogen) atoms. The van der Waals surface area contributed by atoms with Gasteiger partial charge in [-0.05, 0) is 66.9 Å². The molecule has 0 radical (unpaired) electrons. The number of aromatic hydroxyl groups is 1. The molecule has 0 fully saturated rings. The van der Waals surface area contributed by atoms with E-state index in [1.807, 2.05) is 0 Å². The van der Waals surface area contributed by atoms with Crippen molar-refractivity contribution in [3.8, 4) is 5.75 Å². The van der Waals surface area contributed by atoms with E-state index in [9.17, 15) is 14.7 Å². The van der Waals surface area contributed by atoms with Gasteiger partial charge >= 0.3 is 0 Å². The highest BCUT2D eigenvalue weighted by Gasteiger charge is 2.09. The number of amides is 2. The molecule has 2 amide bonds. The molecule has 0 aromatic heterocycles. The standard InChI is InChI=1S/C18H18ClN3O3/c1-11-7-13(8-12(2)18(11)25)10-20-22-17(24)9-16(23)21-15-5-3-14(19)4-6-15/h3-8,10,25H,9H2,1-2H3,(H,21,23)(H,22,24)/b20-10+. The fourth-order valence-electron chi connectivity index (χ4n) is 2.17. The summed E-state index contributed by atoms with van der Waals surface area (Å²) in [4.78, 5) is 23.5. The Balaban J connectivity index is 1.85. The molecule has 2 rings (SSSR count). The molecule has 0 aliphatic carbocycles. The molecule has 0 saturated carbocycles. The van der Waals surface area contributed by atoms with Crippen LogP contribution in [-0.2, 0) is 9.59 Å². The van der Waals surface area contributed by atoms with Crippen molar-refractivity contribution >= 4 is 35.3 Å². The largest absolute Gasteiger partial charge is 0.507 e. The van der Waals surface area contributed by atoms with Gasteiger partial charge in [0.25, 0.3) is 0 Å². The number of carbonyl (C=O) groups excluding carboxylic acids is 2. The van der Waals surface area contributed by atoms with Crippen molar-refractivity contribution in [3.05, 3.63) is 58.1 Å². The van der Waals surface area contributed by atoms with Crippen molar-refractivity contribution < 1.29 is 14.7 Å². The molecule has 2 aromatic carbocycles. The summed E-state index contributed by atoms with van der Waals surface area (Å²) in [5.41, 5.74) is 5.02. The van der Waals surface area contributed by atoms with E-state index in [1.165, 1.54) is 6.21 Å². The van der Waals surface area contributed by atoms with E-state index >= 15 is 0 Å². The Hall–Kier alpha value is -2.86. The second kappa shape index (κ2) is 8.30. The second-order valence-electron chi connectivity index (χ2n) is 5.53. The number of benzene rings is 2. The summed E-state index contributed by atoms with van der Waals surface area (Å²) in [6.45, 7) is 3.55. The summed E-state index contributed by atoms with van der Waals surface area (Å²) >= 11 is 5.76. The first-order valence-corrected chi connectivity index (χ1v) is 7.90. The zero-order chi connectivity index (χ0) is 18.4. The highest BCUT2D eigenvalue weighted by molar-refractivity contribution is 6.30. The van der Waals surface area contributed by atoms with E-state index < -0.39 is 11.8 Å². The van der Waals surface area contributed by atoms with E-state index in [0.29, 0.717) is 10.7 Å². The van der Waals surface area contributed by atoms with Gasteiger partial charge in [0, 0.05) is 10.7 Å². The lowest BCUT2D eigenvalue weighted by molar-refractivity contribution is -0.126. The molecular formula is C18H18ClN3O3. The minimum Gasteiger partial charge on any atom is -0.507 e. The van der Waals surface area contributed by atoms with E-state index in [-0.39, 0.29) is 12.2 Å². The Bertz CT molecular complexity index is 794. The summed E-state index contributed by atoms with van der Waals surface area (Å²) in [6, 6.07) is 10.1. The van der Waals surface area contributed by atoms with Crippen LogP contribution in [0.5, 0.6) is 5.75 Å². The van der Waals surface area contributed by atoms with E-state index in [0.717, 1.165) is 16.7 Å². The van der Waals surface area contributed by atoms with Crippen molar-refractivity contribution in [1.82, 2.24) is 5.43 Å². The third-order valence-electron chi connectivity index (χ3n) is 3.37. The summed E-state index contributed by atoms with van der Waals surface area (Å²) in [6.07, 6.45) is 1.10. The van der Waals surface area contributed by atoms with Gasteiger partial charge in [-0.2, -0.15) is 5.10 Å². The van der Waals surface area contributed by atoms with Crippen LogP contribution in [0.2, 0.25) is 5.02 Å². The van der Waals surface area contributed by atoms with Gasteiger partial charge in [-0.1, -0.05) is 11.6 Å². The van der Waals surface area contributed by atoms with Gasteiger partial charge in [-0.15, -0.1) is 0 Å². The third kappa shape index (κ3) is 5.61. The van der Waals surface area contributed by atoms with Crippen LogP contribution in [0.15, 0.2) is 41.5 Å². The Morgan fingerprint density at radius 3 is 2.32 bits per heavy atom. The normalized spacial score (nSPS) is 10.7. The number of nitrogens with zero attached hydrogens (tertiary/aromatic N) is 1. The number of anilines is 1. The molecule has 0 aliphatic rings. The van der Waals surface area contributed by atoms with Gasteiger partial charge in [-0.3, -0.25) is 9.59 Å². The molecule has 0 aliphatic heterocycles. The van der Waals surface area contributed by atoms with Crippen LogP contribution in [0.4, 0.5) is 5.69 Å². The lowest BCUT2D eigenvalue weighted by atomic mass is 10.1. The van der Waals surface area contributed by atoms with Crippen molar-refractivity contribution in [2.24, 2.45) is 5.10 Å². The van der Waals surface area contributed by atoms with Crippen LogP contribution < -0.4 is 10.7 Å². The van der Waals surface area contributed by atoms with E-state index in [2.05, 4.69) is 15.8 Å². The first kappa shape index (κ1) is 18.5. The lowest BCUT2D eigenvalue weighted by Crippen LogP contribution is -2.24. The van der Waals surface area contributed by atoms with Gasteiger partial charge in [0.15, 0.2) is 0 Å². The quantitative estimate of drug-likeness (QED) is 0.435. The minimum absolute atomic E-state index is 0.236. The van der Waals surface area contributed by atoms with Crippen LogP contribution in [0.3, 0.4) is 0 Å². The number of carbonyl (C=O) groups is 2. The summed E-state index contributed by atoms with van der Waals surface area (Å²) in [7, 11) is 0. The number of hydrazone groups is 1. The predicted octanol–water partition coefficient (Wildman–Crippen LogP) is 3.14. The molecule has 6 nitrogen and oxygen atoms in total. The predicted molar refractivity (Wildman–Crippen MR) is 98.0 cm³/mol. The molecular weight excluding hydrogens is 342 g/mol. The van der Waals surface area contributed by atoms with Gasteiger partial charge in [-0.25, -0.2) is 5.43 Å². The number of phenolic OH excluding ortho intramolecular Hbond substituents is 1. The van der Waals surface area contributed by atoms with Crippen LogP contribution >= 0.6 is 11.6 Å². The molecule has 0 unspecified atom stereocenters. The third-order valence-corrected chi connectivity index (χ3v) is 3.62. The Labute approximate surface area is 150 Å². The Morgan fingerprint density at radius 1 is 1.12 bits per heavy atom. The molecule has 0 saturated heterocycles. The second-order valence-corrected chi connectivity index (χ2v) is 5.96. The highest BCUT2D eigenvalue weighted by Crippen LogP contribution is 2.22. The SMILES string of the molecule is Cc1cc(/C=N/NC(=O)CC(=O)Nc2ccc(Cl)cc2)cc(C)c1O. The highest BCUT2D eigenvalue weighted by atomic mass is 35.5. The van der Waals surface area contributed by atoms with Crippen LogP contribution in [0, 0.1) is 13.8 Å². The van der Waals surface area contributed by atoms with E-state index in [4.69, 9.17) is 11.6 Å². The number of nitrogens with one attached hydrogen (secondary N) is 2. The first-order valence-electron chi connectivity index (χ1n) is 7.52. The molecule has 0 spiro atoms. The summed E-state index contributed by atoms with van der Waals surface area (Å²) in [5, 5.41) is 16.7. The van der Waals surface area contributed by atoms with Gasteiger partial charge in [0.2, 0.25) is 11.8 Å². The van der Waals surface area contributed by atoms with Crippen LogP contribution in [-0.4, -0.2) is 23.1 Å². The fourth-order valence-corrected chi connectivity index (χ4v) is 2.29. The van der Waals surface area contributed by atoms with Crippen LogP contribution in [0.25, 0.3) is 0 Å². The van der Waals surface area contributed by atoms with Gasteiger partial charge < -0.3 is 10.4 Å². The number of phenols is 1. The number of halogens is 1. The zero-order valence-electron chi connectivity index (χ0n) is 13.8. The molecule has 0 heterocycles. The Kier molecular flexibility index (Phi) is 6.14. The van der Waals surface area contributed by atoms with Crippen molar-refractivity contribution in [1.29, 1.82) is 0 Å². The summed E-state index contributed by atoms with van der Waals surface area (Å²) in [5.74, 6) is -0.749. The monoisotopic (exact) mass is 359 g/mol. The summed E-state index contributed by atoms with van der Waals surface area (Å²) < 4.78 is 0. The smallest absolute Gasteiger partial charge is 0.249 e. The number of hydrogen-bond donors (Lipinski definition) is 3. The topological polar surface area (TPSA) is 90.8 Å². The fraction of sp³-hybridized carbons (Fsp3) is 0.167. The maximum atomic E-state index is 11.8. The minimum atomic E-state index is -0.532. The zero-order valence-corrected chi connectivity index (χ0v) is 14.6. The molecule has 0 atom stereocenters. The van der Waals surface area contributed by atoms with Gasteiger partial charge in [0.05, 0.1) is 6.21 Å². The molecule has 7 heteroatoms. The average Bonchev–Trinajstić information content (AvgIpc) is 2.54. The van der Waals surface area contributed by atoms with Gasteiger partial charge in [0.1, 0.15) is 12.2 Å². The average molecular weight is 360 g/mol. The molecule has 0 bridgehead atoms. The molecule has 130 valence electrons. The maximum Gasteiger partial charge on any atom is 0.249 e. The van der Waals surface area contributed by atoms with E-state index in [1.54, 1.807) is 50.2 Å². The van der Waals surface area contributed by atoms with Crippen molar-refractivity contribution in [2.45, 2.75) is 20.3 Å². The number of hydrogen-bond acceptors (Lipinski definition) is 4. The molecule has 2 aromatic rings. The van der Waals surface area contributed by atoms with Crippen molar-refractivity contribution in [3.63, 3.8) is 0 Å².